The maximum absolute atomic E-state index is 6.77. The van der Waals surface area contributed by atoms with Gasteiger partial charge in [-0.3, -0.25) is 0 Å². The predicted molar refractivity (Wildman–Crippen MR) is 119 cm³/mol. The van der Waals surface area contributed by atoms with Crippen LogP contribution in [0.1, 0.15) is 63.5 Å². The van der Waals surface area contributed by atoms with Crippen LogP contribution in [-0.2, 0) is 5.41 Å². The highest BCUT2D eigenvalue weighted by molar-refractivity contribution is 6.32. The standard InChI is InChI=1S/C26H30ClNO/c1-16-8-19(5-6-21(16)28)29-22-7-4-18(9-20(22)27)25-13-23(2)10-17-11-24(3,15-25)26(25,12-17)14-23/h4-9,17H,10-15,28H2,1-3H3. The van der Waals surface area contributed by atoms with E-state index in [-0.39, 0.29) is 0 Å². The fourth-order valence-corrected chi connectivity index (χ4v) is 9.00. The van der Waals surface area contributed by atoms with Gasteiger partial charge in [-0.1, -0.05) is 31.5 Å². The van der Waals surface area contributed by atoms with Crippen molar-refractivity contribution in [2.24, 2.45) is 22.2 Å². The molecule has 2 aromatic rings. The molecular formula is C26H30ClNO. The Hall–Kier alpha value is -1.67. The second kappa shape index (κ2) is 5.32. The van der Waals surface area contributed by atoms with E-state index in [1.165, 1.54) is 44.1 Å². The van der Waals surface area contributed by atoms with Crippen molar-refractivity contribution in [1.82, 2.24) is 0 Å². The minimum absolute atomic E-state index is 0.321. The minimum atomic E-state index is 0.321. The number of benzene rings is 2. The van der Waals surface area contributed by atoms with Crippen molar-refractivity contribution in [2.75, 3.05) is 5.73 Å². The summed E-state index contributed by atoms with van der Waals surface area (Å²) in [6.45, 7) is 7.12. The predicted octanol–water partition coefficient (Wildman–Crippen LogP) is 7.27. The molecule has 2 aromatic carbocycles. The Morgan fingerprint density at radius 1 is 1.00 bits per heavy atom. The van der Waals surface area contributed by atoms with E-state index in [2.05, 4.69) is 32.0 Å². The van der Waals surface area contributed by atoms with E-state index in [1.54, 1.807) is 0 Å². The topological polar surface area (TPSA) is 35.2 Å². The van der Waals surface area contributed by atoms with Crippen LogP contribution in [0.2, 0.25) is 5.02 Å². The van der Waals surface area contributed by atoms with E-state index in [0.29, 0.717) is 21.7 Å². The molecule has 4 aliphatic carbocycles. The third-order valence-electron chi connectivity index (χ3n) is 9.33. The molecule has 1 spiro atoms. The zero-order valence-electron chi connectivity index (χ0n) is 17.6. The Labute approximate surface area is 178 Å². The van der Waals surface area contributed by atoms with Crippen LogP contribution in [0.3, 0.4) is 0 Å². The first-order valence-electron chi connectivity index (χ1n) is 11.0. The molecule has 2 N–H and O–H groups in total. The Kier molecular flexibility index (Phi) is 3.33. The summed E-state index contributed by atoms with van der Waals surface area (Å²) in [6.07, 6.45) is 8.38. The maximum Gasteiger partial charge on any atom is 0.146 e. The van der Waals surface area contributed by atoms with Gasteiger partial charge in [-0.2, -0.15) is 0 Å². The summed E-state index contributed by atoms with van der Waals surface area (Å²) < 4.78 is 6.11. The highest BCUT2D eigenvalue weighted by Gasteiger charge is 2.81. The van der Waals surface area contributed by atoms with Gasteiger partial charge in [0.1, 0.15) is 11.5 Å². The number of aryl methyl sites for hydroxylation is 1. The van der Waals surface area contributed by atoms with Crippen LogP contribution in [-0.4, -0.2) is 0 Å². The van der Waals surface area contributed by atoms with Crippen LogP contribution in [0.15, 0.2) is 36.4 Å². The Bertz CT molecular complexity index is 1050. The van der Waals surface area contributed by atoms with E-state index >= 15 is 0 Å². The molecule has 29 heavy (non-hydrogen) atoms. The highest BCUT2D eigenvalue weighted by atomic mass is 35.5. The van der Waals surface area contributed by atoms with E-state index in [1.807, 2.05) is 25.1 Å². The third-order valence-corrected chi connectivity index (χ3v) is 9.63. The molecule has 0 saturated heterocycles. The van der Waals surface area contributed by atoms with Gasteiger partial charge in [-0.05, 0) is 109 Å². The lowest BCUT2D eigenvalue weighted by Gasteiger charge is -2.66. The number of anilines is 1. The molecule has 4 fully saturated rings. The average Bonchev–Trinajstić information content (AvgIpc) is 2.91. The van der Waals surface area contributed by atoms with Gasteiger partial charge in [0.15, 0.2) is 0 Å². The summed E-state index contributed by atoms with van der Waals surface area (Å²) in [5.74, 6) is 2.45. The first-order chi connectivity index (χ1) is 13.7. The minimum Gasteiger partial charge on any atom is -0.456 e. The number of ether oxygens (including phenoxy) is 1. The quantitative estimate of drug-likeness (QED) is 0.543. The number of hydrogen-bond acceptors (Lipinski definition) is 2. The number of fused-ring (bicyclic) bond motifs is 2. The van der Waals surface area contributed by atoms with E-state index < -0.39 is 0 Å². The summed E-state index contributed by atoms with van der Waals surface area (Å²) in [7, 11) is 0. The zero-order chi connectivity index (χ0) is 20.2. The van der Waals surface area contributed by atoms with Crippen molar-refractivity contribution in [1.29, 1.82) is 0 Å². The van der Waals surface area contributed by atoms with Gasteiger partial charge in [0.2, 0.25) is 0 Å². The van der Waals surface area contributed by atoms with Crippen molar-refractivity contribution in [3.8, 4) is 11.5 Å². The van der Waals surface area contributed by atoms with Gasteiger partial charge in [0.05, 0.1) is 5.02 Å². The normalized spacial score (nSPS) is 41.3. The SMILES string of the molecule is Cc1cc(Oc2ccc(C34CC5(C)CC6CC(C)(C3)C4(C6)C5)cc2Cl)ccc1N. The Morgan fingerprint density at radius 2 is 1.83 bits per heavy atom. The summed E-state index contributed by atoms with van der Waals surface area (Å²) in [5, 5.41) is 0.720. The Morgan fingerprint density at radius 3 is 2.59 bits per heavy atom. The number of rotatable bonds is 3. The molecule has 5 atom stereocenters. The number of nitrogens with two attached hydrogens (primary N) is 1. The van der Waals surface area contributed by atoms with Crippen molar-refractivity contribution < 1.29 is 4.74 Å². The molecule has 0 heterocycles. The molecule has 3 heteroatoms. The van der Waals surface area contributed by atoms with Gasteiger partial charge in [-0.25, -0.2) is 0 Å². The van der Waals surface area contributed by atoms with Gasteiger partial charge in [-0.15, -0.1) is 0 Å². The molecule has 0 aromatic heterocycles. The summed E-state index contributed by atoms with van der Waals surface area (Å²) in [4.78, 5) is 0. The van der Waals surface area contributed by atoms with Gasteiger partial charge in [0.25, 0.3) is 0 Å². The summed E-state index contributed by atoms with van der Waals surface area (Å²) in [6, 6.07) is 12.4. The summed E-state index contributed by atoms with van der Waals surface area (Å²) in [5.41, 5.74) is 11.0. The molecule has 4 saturated carbocycles. The smallest absolute Gasteiger partial charge is 0.146 e. The fraction of sp³-hybridized carbons (Fsp3) is 0.538. The molecule has 0 aliphatic heterocycles. The van der Waals surface area contributed by atoms with Crippen molar-refractivity contribution in [3.05, 3.63) is 52.5 Å². The molecule has 152 valence electrons. The van der Waals surface area contributed by atoms with Gasteiger partial charge < -0.3 is 10.5 Å². The zero-order valence-corrected chi connectivity index (χ0v) is 18.4. The molecular weight excluding hydrogens is 378 g/mol. The largest absolute Gasteiger partial charge is 0.456 e. The molecule has 2 nitrogen and oxygen atoms in total. The van der Waals surface area contributed by atoms with E-state index in [9.17, 15) is 0 Å². The lowest BCUT2D eigenvalue weighted by atomic mass is 9.38. The van der Waals surface area contributed by atoms with Crippen LogP contribution in [0, 0.1) is 29.1 Å². The molecule has 0 radical (unpaired) electrons. The number of halogens is 1. The van der Waals surface area contributed by atoms with Gasteiger partial charge in [0, 0.05) is 11.1 Å². The van der Waals surface area contributed by atoms with Crippen LogP contribution in [0.25, 0.3) is 0 Å². The monoisotopic (exact) mass is 407 g/mol. The number of hydrogen-bond donors (Lipinski definition) is 1. The van der Waals surface area contributed by atoms with Crippen LogP contribution < -0.4 is 10.5 Å². The highest BCUT2D eigenvalue weighted by Crippen LogP contribution is 2.88. The molecule has 5 unspecified atom stereocenters. The van der Waals surface area contributed by atoms with Crippen LogP contribution in [0.5, 0.6) is 11.5 Å². The molecule has 3 bridgehead atoms. The van der Waals surface area contributed by atoms with Crippen molar-refractivity contribution in [3.63, 3.8) is 0 Å². The first kappa shape index (κ1) is 18.1. The Balaban J connectivity index is 1.36. The molecule has 6 rings (SSSR count). The van der Waals surface area contributed by atoms with Crippen molar-refractivity contribution in [2.45, 2.75) is 64.7 Å². The van der Waals surface area contributed by atoms with Crippen molar-refractivity contribution >= 4 is 17.3 Å². The third kappa shape index (κ3) is 2.14. The van der Waals surface area contributed by atoms with Crippen LogP contribution >= 0.6 is 11.6 Å². The fourth-order valence-electron chi connectivity index (χ4n) is 8.78. The van der Waals surface area contributed by atoms with E-state index in [0.717, 1.165) is 33.7 Å². The summed E-state index contributed by atoms with van der Waals surface area (Å²) >= 11 is 6.77. The second-order valence-corrected chi connectivity index (χ2v) is 11.7. The molecule has 4 aliphatic rings. The number of nitrogen functional groups attached to an aromatic ring is 1. The molecule has 0 amide bonds. The van der Waals surface area contributed by atoms with Gasteiger partial charge >= 0.3 is 0 Å². The second-order valence-electron chi connectivity index (χ2n) is 11.3. The lowest BCUT2D eigenvalue weighted by Crippen LogP contribution is -2.61. The van der Waals surface area contributed by atoms with E-state index in [4.69, 9.17) is 22.1 Å². The average molecular weight is 408 g/mol. The van der Waals surface area contributed by atoms with Crippen LogP contribution in [0.4, 0.5) is 5.69 Å². The first-order valence-corrected chi connectivity index (χ1v) is 11.4. The lowest BCUT2D eigenvalue weighted by molar-refractivity contribution is -0.115. The maximum atomic E-state index is 6.77.